The number of rotatable bonds is 1. The van der Waals surface area contributed by atoms with Crippen LogP contribution in [0, 0.1) is 28.6 Å². The van der Waals surface area contributed by atoms with Crippen LogP contribution in [-0.2, 0) is 0 Å². The van der Waals surface area contributed by atoms with Crippen molar-refractivity contribution in [3.05, 3.63) is 0 Å². The topological polar surface area (TPSA) is 49.8 Å². The maximum absolute atomic E-state index is 9.00. The Morgan fingerprint density at radius 1 is 1.50 bits per heavy atom. The van der Waals surface area contributed by atoms with E-state index in [4.69, 9.17) is 11.0 Å². The van der Waals surface area contributed by atoms with Gasteiger partial charge in [-0.15, -0.1) is 0 Å². The van der Waals surface area contributed by atoms with E-state index in [2.05, 4.69) is 13.0 Å². The van der Waals surface area contributed by atoms with Crippen molar-refractivity contribution in [2.75, 3.05) is 0 Å². The molecule has 0 radical (unpaired) electrons. The summed E-state index contributed by atoms with van der Waals surface area (Å²) in [4.78, 5) is 0. The lowest BCUT2D eigenvalue weighted by molar-refractivity contribution is 0.0365. The van der Waals surface area contributed by atoms with Gasteiger partial charge in [0.15, 0.2) is 0 Å². The molecule has 0 aromatic rings. The lowest BCUT2D eigenvalue weighted by Crippen LogP contribution is -2.48. The Morgan fingerprint density at radius 2 is 2.29 bits per heavy atom. The second-order valence-electron chi connectivity index (χ2n) is 5.48. The monoisotopic (exact) mass is 192 g/mol. The van der Waals surface area contributed by atoms with E-state index in [-0.39, 0.29) is 11.5 Å². The minimum Gasteiger partial charge on any atom is -0.315 e. The molecule has 4 atom stereocenters. The van der Waals surface area contributed by atoms with Crippen LogP contribution >= 0.6 is 0 Å². The highest BCUT2D eigenvalue weighted by atomic mass is 14.7. The number of hydrogen-bond donors (Lipinski definition) is 1. The fourth-order valence-corrected chi connectivity index (χ4v) is 3.80. The molecule has 2 saturated carbocycles. The van der Waals surface area contributed by atoms with Gasteiger partial charge in [0.2, 0.25) is 0 Å². The SMILES string of the molecule is CC1CC2CCCC([C@H](N)C#N)(C1)C2. The third-order valence-electron chi connectivity index (χ3n) is 4.27. The first-order valence-corrected chi connectivity index (χ1v) is 5.81. The van der Waals surface area contributed by atoms with Crippen LogP contribution in [-0.4, -0.2) is 6.04 Å². The first-order chi connectivity index (χ1) is 6.66. The molecule has 2 heteroatoms. The highest BCUT2D eigenvalue weighted by Gasteiger charge is 2.45. The molecule has 0 heterocycles. The molecular weight excluding hydrogens is 172 g/mol. The summed E-state index contributed by atoms with van der Waals surface area (Å²) < 4.78 is 0. The summed E-state index contributed by atoms with van der Waals surface area (Å²) in [6.07, 6.45) is 7.59. The molecule has 2 rings (SSSR count). The molecule has 0 spiro atoms. The molecule has 2 aliphatic carbocycles. The zero-order valence-electron chi connectivity index (χ0n) is 9.00. The van der Waals surface area contributed by atoms with E-state index < -0.39 is 0 Å². The third kappa shape index (κ3) is 1.54. The molecule has 78 valence electrons. The molecule has 2 N–H and O–H groups in total. The molecule has 0 aliphatic heterocycles. The fraction of sp³-hybridized carbons (Fsp3) is 0.917. The highest BCUT2D eigenvalue weighted by molar-refractivity contribution is 5.06. The first-order valence-electron chi connectivity index (χ1n) is 5.81. The van der Waals surface area contributed by atoms with Crippen LogP contribution < -0.4 is 5.73 Å². The maximum Gasteiger partial charge on any atom is 0.0985 e. The summed E-state index contributed by atoms with van der Waals surface area (Å²) in [5.74, 6) is 1.63. The second kappa shape index (κ2) is 3.55. The van der Waals surface area contributed by atoms with Gasteiger partial charge in [-0.2, -0.15) is 5.26 Å². The van der Waals surface area contributed by atoms with Gasteiger partial charge in [0.25, 0.3) is 0 Å². The first kappa shape index (κ1) is 9.98. The Morgan fingerprint density at radius 3 is 3.00 bits per heavy atom. The quantitative estimate of drug-likeness (QED) is 0.693. The Bertz CT molecular complexity index is 252. The summed E-state index contributed by atoms with van der Waals surface area (Å²) in [5.41, 5.74) is 6.17. The van der Waals surface area contributed by atoms with Crippen molar-refractivity contribution in [1.29, 1.82) is 5.26 Å². The van der Waals surface area contributed by atoms with E-state index in [0.717, 1.165) is 11.8 Å². The van der Waals surface area contributed by atoms with Gasteiger partial charge in [-0.05, 0) is 42.9 Å². The Hall–Kier alpha value is -0.550. The zero-order valence-corrected chi connectivity index (χ0v) is 9.00. The number of hydrogen-bond acceptors (Lipinski definition) is 2. The lowest BCUT2D eigenvalue weighted by atomic mass is 9.57. The number of fused-ring (bicyclic) bond motifs is 2. The van der Waals surface area contributed by atoms with Crippen molar-refractivity contribution < 1.29 is 0 Å². The average Bonchev–Trinajstić information content (AvgIpc) is 2.15. The Labute approximate surface area is 86.5 Å². The average molecular weight is 192 g/mol. The normalized spacial score (nSPS) is 44.1. The summed E-state index contributed by atoms with van der Waals surface area (Å²) in [7, 11) is 0. The molecule has 2 bridgehead atoms. The Balaban J connectivity index is 2.19. The van der Waals surface area contributed by atoms with Crippen molar-refractivity contribution in [2.45, 2.75) is 51.5 Å². The van der Waals surface area contributed by atoms with Crippen LogP contribution in [0.4, 0.5) is 0 Å². The predicted octanol–water partition coefficient (Wildman–Crippen LogP) is 2.44. The predicted molar refractivity (Wildman–Crippen MR) is 56.4 cm³/mol. The van der Waals surface area contributed by atoms with Crippen molar-refractivity contribution in [1.82, 2.24) is 0 Å². The highest BCUT2D eigenvalue weighted by Crippen LogP contribution is 2.52. The molecule has 0 saturated heterocycles. The van der Waals surface area contributed by atoms with Crippen LogP contribution in [0.5, 0.6) is 0 Å². The minimum atomic E-state index is -0.229. The summed E-state index contributed by atoms with van der Waals surface area (Å²) in [6, 6.07) is 2.05. The van der Waals surface area contributed by atoms with Crippen LogP contribution in [0.2, 0.25) is 0 Å². The zero-order chi connectivity index (χ0) is 10.2. The van der Waals surface area contributed by atoms with Crippen molar-refractivity contribution in [2.24, 2.45) is 23.0 Å². The van der Waals surface area contributed by atoms with E-state index in [1.165, 1.54) is 38.5 Å². The standard InChI is InChI=1S/C12H20N2/c1-9-5-10-3-2-4-12(6-9,7-10)11(14)8-13/h9-11H,2-7,14H2,1H3/t9?,10?,11-,12?/m1/s1. The smallest absolute Gasteiger partial charge is 0.0985 e. The molecule has 0 amide bonds. The van der Waals surface area contributed by atoms with Crippen molar-refractivity contribution in [3.8, 4) is 6.07 Å². The lowest BCUT2D eigenvalue weighted by Gasteiger charge is -2.49. The molecule has 0 aromatic carbocycles. The molecular formula is C12H20N2. The summed E-state index contributed by atoms with van der Waals surface area (Å²) in [5, 5.41) is 9.00. The molecule has 2 fully saturated rings. The van der Waals surface area contributed by atoms with Crippen molar-refractivity contribution in [3.63, 3.8) is 0 Å². The van der Waals surface area contributed by atoms with Crippen LogP contribution in [0.15, 0.2) is 0 Å². The molecule has 3 unspecified atom stereocenters. The van der Waals surface area contributed by atoms with Gasteiger partial charge >= 0.3 is 0 Å². The van der Waals surface area contributed by atoms with Gasteiger partial charge in [0, 0.05) is 0 Å². The van der Waals surface area contributed by atoms with E-state index in [1.54, 1.807) is 0 Å². The van der Waals surface area contributed by atoms with Gasteiger partial charge in [-0.25, -0.2) is 0 Å². The molecule has 0 aromatic heterocycles. The second-order valence-corrected chi connectivity index (χ2v) is 5.48. The van der Waals surface area contributed by atoms with Gasteiger partial charge in [-0.1, -0.05) is 19.8 Å². The van der Waals surface area contributed by atoms with Gasteiger partial charge in [0.1, 0.15) is 0 Å². The fourth-order valence-electron chi connectivity index (χ4n) is 3.80. The van der Waals surface area contributed by atoms with Gasteiger partial charge < -0.3 is 5.73 Å². The van der Waals surface area contributed by atoms with Gasteiger partial charge in [0.05, 0.1) is 12.1 Å². The van der Waals surface area contributed by atoms with Crippen molar-refractivity contribution >= 4 is 0 Å². The summed E-state index contributed by atoms with van der Waals surface area (Å²) in [6.45, 7) is 2.32. The summed E-state index contributed by atoms with van der Waals surface area (Å²) >= 11 is 0. The van der Waals surface area contributed by atoms with E-state index >= 15 is 0 Å². The van der Waals surface area contributed by atoms with E-state index in [1.807, 2.05) is 0 Å². The minimum absolute atomic E-state index is 0.176. The Kier molecular flexibility index (Phi) is 2.53. The van der Waals surface area contributed by atoms with Crippen LogP contribution in [0.3, 0.4) is 0 Å². The largest absolute Gasteiger partial charge is 0.315 e. The third-order valence-corrected chi connectivity index (χ3v) is 4.27. The van der Waals surface area contributed by atoms with E-state index in [0.29, 0.717) is 0 Å². The molecule has 14 heavy (non-hydrogen) atoms. The maximum atomic E-state index is 9.00. The number of nitriles is 1. The van der Waals surface area contributed by atoms with Gasteiger partial charge in [-0.3, -0.25) is 0 Å². The molecule has 2 nitrogen and oxygen atoms in total. The molecule has 2 aliphatic rings. The van der Waals surface area contributed by atoms with E-state index in [9.17, 15) is 0 Å². The van der Waals surface area contributed by atoms with Crippen LogP contribution in [0.25, 0.3) is 0 Å². The van der Waals surface area contributed by atoms with Crippen LogP contribution in [0.1, 0.15) is 45.4 Å². The number of nitrogens with two attached hydrogens (primary N) is 1. The number of nitrogens with zero attached hydrogens (tertiary/aromatic N) is 1.